The monoisotopic (exact) mass is 389 g/mol. The second-order valence-electron chi connectivity index (χ2n) is 5.51. The van der Waals surface area contributed by atoms with E-state index in [2.05, 4.69) is 5.32 Å². The lowest BCUT2D eigenvalue weighted by molar-refractivity contribution is 0.596. The number of rotatable bonds is 2. The van der Waals surface area contributed by atoms with Crippen molar-refractivity contribution in [1.82, 2.24) is 0 Å². The Balaban J connectivity index is 1.83. The Morgan fingerprint density at radius 2 is 1.56 bits per heavy atom. The predicted octanol–water partition coefficient (Wildman–Crippen LogP) is 4.40. The van der Waals surface area contributed by atoms with Crippen molar-refractivity contribution in [1.29, 1.82) is 0 Å². The fraction of sp³-hybridized carbons (Fsp3) is 0. The Labute approximate surface area is 152 Å². The molecular formula is C18H12ClNO3S2. The summed E-state index contributed by atoms with van der Waals surface area (Å²) in [6.45, 7) is 0. The molecule has 0 fully saturated rings. The summed E-state index contributed by atoms with van der Waals surface area (Å²) in [6, 6.07) is 17.8. The van der Waals surface area contributed by atoms with Crippen LogP contribution in [0.2, 0.25) is 5.02 Å². The Hall–Kier alpha value is -2.15. The fourth-order valence-electron chi connectivity index (χ4n) is 2.69. The van der Waals surface area contributed by atoms with Crippen LogP contribution >= 0.6 is 11.6 Å². The van der Waals surface area contributed by atoms with Crippen molar-refractivity contribution >= 4 is 43.6 Å². The zero-order valence-electron chi connectivity index (χ0n) is 12.8. The highest BCUT2D eigenvalue weighted by atomic mass is 35.5. The molecular weight excluding hydrogens is 378 g/mol. The average Bonchev–Trinajstić information content (AvgIpc) is 2.62. The minimum atomic E-state index is -3.66. The molecule has 25 heavy (non-hydrogen) atoms. The number of hydrogen-bond donors (Lipinski definition) is 1. The second-order valence-corrected chi connectivity index (χ2v) is 9.31. The minimum absolute atomic E-state index is 0.116. The van der Waals surface area contributed by atoms with Crippen molar-refractivity contribution in [3.63, 3.8) is 0 Å². The third-order valence-corrected chi connectivity index (χ3v) is 7.42. The second kappa shape index (κ2) is 5.98. The number of hydrogen-bond acceptors (Lipinski definition) is 4. The van der Waals surface area contributed by atoms with Gasteiger partial charge in [-0.15, -0.1) is 0 Å². The summed E-state index contributed by atoms with van der Waals surface area (Å²) in [4.78, 5) is 1.33. The Bertz CT molecular complexity index is 1110. The lowest BCUT2D eigenvalue weighted by Gasteiger charge is -2.21. The largest absolute Gasteiger partial charge is 0.353 e. The van der Waals surface area contributed by atoms with E-state index < -0.39 is 20.6 Å². The van der Waals surface area contributed by atoms with E-state index in [1.54, 1.807) is 54.6 Å². The van der Waals surface area contributed by atoms with E-state index in [1.165, 1.54) is 12.1 Å². The maximum absolute atomic E-state index is 12.9. The minimum Gasteiger partial charge on any atom is -0.353 e. The van der Waals surface area contributed by atoms with Crippen LogP contribution in [0.25, 0.3) is 0 Å². The van der Waals surface area contributed by atoms with E-state index >= 15 is 0 Å². The van der Waals surface area contributed by atoms with Gasteiger partial charge in [0.25, 0.3) is 0 Å². The lowest BCUT2D eigenvalue weighted by Crippen LogP contribution is -2.10. The van der Waals surface area contributed by atoms with Crippen molar-refractivity contribution in [3.8, 4) is 0 Å². The van der Waals surface area contributed by atoms with Gasteiger partial charge in [-0.25, -0.2) is 12.6 Å². The van der Waals surface area contributed by atoms with Gasteiger partial charge in [-0.05, 0) is 48.5 Å². The first-order chi connectivity index (χ1) is 12.0. The molecule has 4 nitrogen and oxygen atoms in total. The van der Waals surface area contributed by atoms with Gasteiger partial charge >= 0.3 is 0 Å². The topological polar surface area (TPSA) is 63.2 Å². The predicted molar refractivity (Wildman–Crippen MR) is 97.7 cm³/mol. The van der Waals surface area contributed by atoms with Crippen LogP contribution in [0.5, 0.6) is 0 Å². The molecule has 0 aliphatic carbocycles. The molecule has 0 spiro atoms. The van der Waals surface area contributed by atoms with Gasteiger partial charge in [-0.3, -0.25) is 0 Å². The number of halogens is 1. The number of benzene rings is 3. The molecule has 3 aromatic rings. The molecule has 1 unspecified atom stereocenters. The summed E-state index contributed by atoms with van der Waals surface area (Å²) < 4.78 is 38.4. The SMILES string of the molecule is O=S1c2ccc(Cl)cc2Nc2ccc(S(=O)(=O)c3ccccc3)cc21. The quantitative estimate of drug-likeness (QED) is 0.552. The van der Waals surface area contributed by atoms with Crippen LogP contribution in [-0.4, -0.2) is 12.6 Å². The maximum Gasteiger partial charge on any atom is 0.206 e. The van der Waals surface area contributed by atoms with Gasteiger partial charge in [0.1, 0.15) is 0 Å². The Morgan fingerprint density at radius 3 is 2.32 bits per heavy atom. The molecule has 1 N–H and O–H groups in total. The zero-order valence-corrected chi connectivity index (χ0v) is 15.2. The van der Waals surface area contributed by atoms with Gasteiger partial charge < -0.3 is 5.32 Å². The van der Waals surface area contributed by atoms with E-state index in [9.17, 15) is 12.6 Å². The molecule has 7 heteroatoms. The van der Waals surface area contributed by atoms with Crippen LogP contribution < -0.4 is 5.32 Å². The third-order valence-electron chi connectivity index (χ3n) is 3.93. The van der Waals surface area contributed by atoms with Crippen LogP contribution in [0.15, 0.2) is 86.3 Å². The molecule has 126 valence electrons. The summed E-state index contributed by atoms with van der Waals surface area (Å²) in [5, 5.41) is 3.69. The zero-order chi connectivity index (χ0) is 17.6. The molecule has 0 aromatic heterocycles. The molecule has 1 aliphatic heterocycles. The first kappa shape index (κ1) is 16.3. The highest BCUT2D eigenvalue weighted by Gasteiger charge is 2.25. The van der Waals surface area contributed by atoms with Crippen molar-refractivity contribution < 1.29 is 12.6 Å². The van der Waals surface area contributed by atoms with Crippen molar-refractivity contribution in [2.45, 2.75) is 19.6 Å². The molecule has 0 bridgehead atoms. The van der Waals surface area contributed by atoms with Crippen LogP contribution in [0.3, 0.4) is 0 Å². The molecule has 1 atom stereocenters. The van der Waals surface area contributed by atoms with E-state index in [1.807, 2.05) is 0 Å². The van der Waals surface area contributed by atoms with Crippen molar-refractivity contribution in [3.05, 3.63) is 71.8 Å². The molecule has 1 heterocycles. The number of fused-ring (bicyclic) bond motifs is 2. The third kappa shape index (κ3) is 2.76. The van der Waals surface area contributed by atoms with E-state index in [0.717, 1.165) is 0 Å². The van der Waals surface area contributed by atoms with Gasteiger partial charge in [0.15, 0.2) is 0 Å². The summed E-state index contributed by atoms with van der Waals surface area (Å²) in [5.74, 6) is 0. The Kier molecular flexibility index (Phi) is 3.91. The molecule has 4 rings (SSSR count). The van der Waals surface area contributed by atoms with Gasteiger partial charge in [0, 0.05) is 5.02 Å². The first-order valence-electron chi connectivity index (χ1n) is 7.39. The molecule has 0 radical (unpaired) electrons. The normalized spacial score (nSPS) is 15.8. The van der Waals surface area contributed by atoms with Crippen LogP contribution in [0.4, 0.5) is 11.4 Å². The van der Waals surface area contributed by atoms with Gasteiger partial charge in [0.2, 0.25) is 9.84 Å². The highest BCUT2D eigenvalue weighted by Crippen LogP contribution is 2.39. The molecule has 0 saturated heterocycles. The van der Waals surface area contributed by atoms with Gasteiger partial charge in [0.05, 0.1) is 41.8 Å². The number of anilines is 2. The smallest absolute Gasteiger partial charge is 0.206 e. The average molecular weight is 390 g/mol. The first-order valence-corrected chi connectivity index (χ1v) is 10.4. The molecule has 0 amide bonds. The van der Waals surface area contributed by atoms with E-state index in [-0.39, 0.29) is 9.79 Å². The number of nitrogens with one attached hydrogen (secondary N) is 1. The summed E-state index contributed by atoms with van der Waals surface area (Å²) in [5.41, 5.74) is 1.28. The summed E-state index contributed by atoms with van der Waals surface area (Å²) in [7, 11) is -5.15. The van der Waals surface area contributed by atoms with Crippen molar-refractivity contribution in [2.24, 2.45) is 0 Å². The van der Waals surface area contributed by atoms with Crippen molar-refractivity contribution in [2.75, 3.05) is 5.32 Å². The molecule has 1 aliphatic rings. The highest BCUT2D eigenvalue weighted by molar-refractivity contribution is 7.91. The van der Waals surface area contributed by atoms with Gasteiger partial charge in [-0.2, -0.15) is 0 Å². The maximum atomic E-state index is 12.9. The van der Waals surface area contributed by atoms with E-state index in [0.29, 0.717) is 26.2 Å². The standard InChI is InChI=1S/C18H12ClNO3S2/c19-12-6-9-17-16(10-12)20-15-8-7-14(11-18(15)24(17)21)25(22,23)13-4-2-1-3-5-13/h1-11,20H. The molecule has 3 aromatic carbocycles. The van der Waals surface area contributed by atoms with E-state index in [4.69, 9.17) is 11.6 Å². The number of sulfone groups is 1. The fourth-order valence-corrected chi connectivity index (χ4v) is 5.53. The van der Waals surface area contributed by atoms with Gasteiger partial charge in [-0.1, -0.05) is 29.8 Å². The summed E-state index contributed by atoms with van der Waals surface area (Å²) >= 11 is 5.99. The van der Waals surface area contributed by atoms with Crippen LogP contribution in [-0.2, 0) is 20.6 Å². The summed E-state index contributed by atoms with van der Waals surface area (Å²) in [6.07, 6.45) is 0. The molecule has 0 saturated carbocycles. The van der Waals surface area contributed by atoms with Crippen LogP contribution in [0, 0.1) is 0 Å². The Morgan fingerprint density at radius 1 is 0.800 bits per heavy atom. The lowest BCUT2D eigenvalue weighted by atomic mass is 10.2. The van der Waals surface area contributed by atoms with Crippen LogP contribution in [0.1, 0.15) is 0 Å².